The molecule has 0 aromatic heterocycles. The Morgan fingerprint density at radius 3 is 2.13 bits per heavy atom. The van der Waals surface area contributed by atoms with Gasteiger partial charge >= 0.3 is 12.1 Å². The van der Waals surface area contributed by atoms with Crippen LogP contribution in [0.4, 0.5) is 4.79 Å². The van der Waals surface area contributed by atoms with E-state index in [1.165, 1.54) is 18.2 Å². The molecule has 6 heteroatoms. The molecule has 0 heterocycles. The molecule has 2 aromatic rings. The van der Waals surface area contributed by atoms with E-state index < -0.39 is 26.2 Å². The first-order chi connectivity index (χ1) is 14.8. The van der Waals surface area contributed by atoms with Crippen LogP contribution in [0.5, 0.6) is 0 Å². The summed E-state index contributed by atoms with van der Waals surface area (Å²) >= 11 is 0. The van der Waals surface area contributed by atoms with Gasteiger partial charge in [0.05, 0.1) is 7.11 Å². The number of allylic oxidation sites excluding steroid dienone is 1. The predicted octanol–water partition coefficient (Wildman–Crippen LogP) is 5.35. The highest BCUT2D eigenvalue weighted by atomic mass is 28.3. The molecule has 0 aliphatic heterocycles. The number of ether oxygens (including phenoxy) is 2. The van der Waals surface area contributed by atoms with E-state index in [1.54, 1.807) is 0 Å². The second-order valence-corrected chi connectivity index (χ2v) is 14.5. The summed E-state index contributed by atoms with van der Waals surface area (Å²) in [6.45, 7) is 7.05. The number of hydrogen-bond donors (Lipinski definition) is 1. The van der Waals surface area contributed by atoms with Crippen molar-refractivity contribution in [3.63, 3.8) is 0 Å². The minimum atomic E-state index is -1.20. The molecule has 31 heavy (non-hydrogen) atoms. The van der Waals surface area contributed by atoms with Gasteiger partial charge in [-0.15, -0.1) is 0 Å². The van der Waals surface area contributed by atoms with Gasteiger partial charge in [-0.25, -0.2) is 9.59 Å². The number of carbonyl (C=O) groups excluding carboxylic acids is 2. The second-order valence-electron chi connectivity index (χ2n) is 9.02. The van der Waals surface area contributed by atoms with Crippen molar-refractivity contribution in [2.75, 3.05) is 13.7 Å². The number of hydrogen-bond acceptors (Lipinski definition) is 4. The maximum atomic E-state index is 12.5. The average molecular weight is 438 g/mol. The van der Waals surface area contributed by atoms with Gasteiger partial charge in [0.15, 0.2) is 0 Å². The molecule has 0 saturated carbocycles. The molecule has 5 nitrogen and oxygen atoms in total. The molecule has 1 atom stereocenters. The largest absolute Gasteiger partial charge is 0.467 e. The van der Waals surface area contributed by atoms with Gasteiger partial charge in [-0.3, -0.25) is 0 Å². The zero-order valence-corrected chi connectivity index (χ0v) is 19.7. The Hall–Kier alpha value is -2.86. The van der Waals surface area contributed by atoms with Crippen LogP contribution in [0.1, 0.15) is 23.5 Å². The third kappa shape index (κ3) is 5.85. The summed E-state index contributed by atoms with van der Waals surface area (Å²) in [6, 6.07) is 16.6. The fraction of sp³-hybridized carbons (Fsp3) is 0.360. The molecule has 1 aliphatic carbocycles. The Labute approximate surface area is 185 Å². The number of alkyl carbamates (subject to hydrolysis) is 1. The lowest BCUT2D eigenvalue weighted by Crippen LogP contribution is -2.41. The molecule has 1 amide bonds. The Kier molecular flexibility index (Phi) is 7.33. The van der Waals surface area contributed by atoms with Crippen LogP contribution in [0, 0.1) is 0 Å². The van der Waals surface area contributed by atoms with Gasteiger partial charge in [0.25, 0.3) is 0 Å². The first kappa shape index (κ1) is 22.8. The molecule has 1 N–H and O–H groups in total. The monoisotopic (exact) mass is 437 g/mol. The Bertz CT molecular complexity index is 918. The van der Waals surface area contributed by atoms with Gasteiger partial charge in [-0.05, 0) is 34.7 Å². The molecule has 164 valence electrons. The molecule has 2 aromatic carbocycles. The van der Waals surface area contributed by atoms with Crippen LogP contribution >= 0.6 is 0 Å². The van der Waals surface area contributed by atoms with Crippen LogP contribution in [-0.4, -0.2) is 39.9 Å². The zero-order chi connectivity index (χ0) is 22.4. The first-order valence-electron chi connectivity index (χ1n) is 10.6. The highest BCUT2D eigenvalue weighted by Gasteiger charge is 2.29. The van der Waals surface area contributed by atoms with E-state index in [0.717, 1.165) is 17.2 Å². The van der Waals surface area contributed by atoms with Crippen molar-refractivity contribution in [1.29, 1.82) is 0 Å². The zero-order valence-electron chi connectivity index (χ0n) is 18.7. The lowest BCUT2D eigenvalue weighted by Gasteiger charge is -2.18. The fourth-order valence-electron chi connectivity index (χ4n) is 3.81. The third-order valence-corrected chi connectivity index (χ3v) is 6.85. The highest BCUT2D eigenvalue weighted by molar-refractivity contribution is 6.76. The quantitative estimate of drug-likeness (QED) is 0.343. The van der Waals surface area contributed by atoms with E-state index in [-0.39, 0.29) is 12.5 Å². The maximum absolute atomic E-state index is 12.5. The van der Waals surface area contributed by atoms with E-state index in [0.29, 0.717) is 6.42 Å². The van der Waals surface area contributed by atoms with Crippen molar-refractivity contribution in [3.8, 4) is 11.1 Å². The Balaban J connectivity index is 1.62. The normalized spacial score (nSPS) is 14.1. The Morgan fingerprint density at radius 1 is 1.00 bits per heavy atom. The van der Waals surface area contributed by atoms with Gasteiger partial charge in [0.1, 0.15) is 12.6 Å². The number of esters is 1. The average Bonchev–Trinajstić information content (AvgIpc) is 3.07. The predicted molar refractivity (Wildman–Crippen MR) is 126 cm³/mol. The van der Waals surface area contributed by atoms with Gasteiger partial charge in [-0.2, -0.15) is 0 Å². The van der Waals surface area contributed by atoms with Gasteiger partial charge in [0.2, 0.25) is 0 Å². The molecule has 3 rings (SSSR count). The van der Waals surface area contributed by atoms with Crippen molar-refractivity contribution < 1.29 is 19.1 Å². The number of amides is 1. The topological polar surface area (TPSA) is 64.6 Å². The van der Waals surface area contributed by atoms with Crippen molar-refractivity contribution in [2.45, 2.75) is 44.1 Å². The maximum Gasteiger partial charge on any atom is 0.407 e. The van der Waals surface area contributed by atoms with Gasteiger partial charge < -0.3 is 14.8 Å². The smallest absolute Gasteiger partial charge is 0.407 e. The second kappa shape index (κ2) is 9.96. The van der Waals surface area contributed by atoms with Crippen molar-refractivity contribution >= 4 is 20.1 Å². The summed E-state index contributed by atoms with van der Waals surface area (Å²) in [4.78, 5) is 24.6. The highest BCUT2D eigenvalue weighted by Crippen LogP contribution is 2.44. The molecule has 1 unspecified atom stereocenters. The van der Waals surface area contributed by atoms with Crippen molar-refractivity contribution in [1.82, 2.24) is 5.32 Å². The van der Waals surface area contributed by atoms with E-state index in [1.807, 2.05) is 30.3 Å². The standard InChI is InChI=1S/C25H31NO4Si/c1-29-24(27)23(15-9-10-16-31(2,3)4)26-25(28)30-17-22-20-13-7-5-11-18(20)19-12-6-8-14-21(19)22/h5-14,22-23H,15-17H2,1-4H3,(H,26,28)/b10-9+. The molecule has 0 fully saturated rings. The number of rotatable bonds is 8. The Morgan fingerprint density at radius 2 is 1.58 bits per heavy atom. The summed E-state index contributed by atoms with van der Waals surface area (Å²) in [5.74, 6) is -0.502. The van der Waals surface area contributed by atoms with Crippen molar-refractivity contribution in [3.05, 3.63) is 71.8 Å². The lowest BCUT2D eigenvalue weighted by molar-refractivity contribution is -0.142. The van der Waals surface area contributed by atoms with Crippen LogP contribution in [0.2, 0.25) is 25.7 Å². The molecular formula is C25H31NO4Si. The van der Waals surface area contributed by atoms with E-state index >= 15 is 0 Å². The number of carbonyl (C=O) groups is 2. The molecule has 0 spiro atoms. The number of benzene rings is 2. The third-order valence-electron chi connectivity index (χ3n) is 5.39. The molecule has 1 aliphatic rings. The molecular weight excluding hydrogens is 406 g/mol. The summed E-state index contributed by atoms with van der Waals surface area (Å²) in [5, 5.41) is 2.66. The van der Waals surface area contributed by atoms with Crippen LogP contribution < -0.4 is 5.32 Å². The lowest BCUT2D eigenvalue weighted by atomic mass is 9.98. The minimum Gasteiger partial charge on any atom is -0.467 e. The van der Waals surface area contributed by atoms with Crippen LogP contribution in [0.3, 0.4) is 0 Å². The number of nitrogens with one attached hydrogen (secondary N) is 1. The number of fused-ring (bicyclic) bond motifs is 3. The molecule has 0 radical (unpaired) electrons. The van der Waals surface area contributed by atoms with Crippen LogP contribution in [0.25, 0.3) is 11.1 Å². The van der Waals surface area contributed by atoms with Crippen LogP contribution in [-0.2, 0) is 14.3 Å². The summed E-state index contributed by atoms with van der Waals surface area (Å²) in [6.07, 6.45) is 3.78. The summed E-state index contributed by atoms with van der Waals surface area (Å²) in [7, 11) is 0.122. The van der Waals surface area contributed by atoms with E-state index in [4.69, 9.17) is 9.47 Å². The van der Waals surface area contributed by atoms with Crippen molar-refractivity contribution in [2.24, 2.45) is 0 Å². The molecule has 0 saturated heterocycles. The van der Waals surface area contributed by atoms with E-state index in [9.17, 15) is 9.59 Å². The summed E-state index contributed by atoms with van der Waals surface area (Å²) < 4.78 is 10.4. The molecule has 0 bridgehead atoms. The fourth-order valence-corrected chi connectivity index (χ4v) is 4.68. The SMILES string of the molecule is COC(=O)C(C/C=C/C[Si](C)(C)C)NC(=O)OCC1c2ccccc2-c2ccccc21. The number of methoxy groups -OCH3 is 1. The first-order valence-corrected chi connectivity index (χ1v) is 14.3. The summed E-state index contributed by atoms with van der Waals surface area (Å²) in [5.41, 5.74) is 4.64. The van der Waals surface area contributed by atoms with Gasteiger partial charge in [0, 0.05) is 14.0 Å². The minimum absolute atomic E-state index is 0.0219. The van der Waals surface area contributed by atoms with Crippen LogP contribution in [0.15, 0.2) is 60.7 Å². The van der Waals surface area contributed by atoms with E-state index in [2.05, 4.69) is 55.3 Å². The van der Waals surface area contributed by atoms with Gasteiger partial charge in [-0.1, -0.05) is 80.3 Å².